The zero-order valence-electron chi connectivity index (χ0n) is 12.1. The highest BCUT2D eigenvalue weighted by molar-refractivity contribution is 5.88. The van der Waals surface area contributed by atoms with Crippen molar-refractivity contribution in [3.8, 4) is 0 Å². The Kier molecular flexibility index (Phi) is 4.40. The first kappa shape index (κ1) is 15.5. The van der Waals surface area contributed by atoms with E-state index in [0.29, 0.717) is 9.16 Å². The molecule has 0 aliphatic heterocycles. The van der Waals surface area contributed by atoms with Gasteiger partial charge in [0, 0.05) is 17.9 Å². The quantitative estimate of drug-likeness (QED) is 0.473. The van der Waals surface area contributed by atoms with Crippen molar-refractivity contribution in [2.24, 2.45) is 0 Å². The van der Waals surface area contributed by atoms with E-state index in [4.69, 9.17) is 4.74 Å². The number of rotatable bonds is 4. The van der Waals surface area contributed by atoms with Crippen LogP contribution in [0, 0.1) is 17.0 Å². The highest BCUT2D eigenvalue weighted by atomic mass is 16.6. The molecule has 1 heterocycles. The third-order valence-electron chi connectivity index (χ3n) is 2.98. The van der Waals surface area contributed by atoms with E-state index in [9.17, 15) is 19.7 Å². The third-order valence-corrected chi connectivity index (χ3v) is 2.98. The number of para-hydroxylation sites is 2. The first-order chi connectivity index (χ1) is 10.4. The number of hydrogen-bond acceptors (Lipinski definition) is 6. The largest absolute Gasteiger partial charge is 0.805 e. The van der Waals surface area contributed by atoms with Gasteiger partial charge in [-0.05, 0) is 13.0 Å². The number of carbonyl (C=O) groups excluding carboxylic acids is 2. The molecule has 8 nitrogen and oxygen atoms in total. The van der Waals surface area contributed by atoms with Crippen LogP contribution in [0.5, 0.6) is 0 Å². The van der Waals surface area contributed by atoms with E-state index in [1.165, 1.54) is 26.0 Å². The summed E-state index contributed by atoms with van der Waals surface area (Å²) in [7, 11) is 0. The van der Waals surface area contributed by atoms with Crippen molar-refractivity contribution in [2.45, 2.75) is 13.8 Å². The summed E-state index contributed by atoms with van der Waals surface area (Å²) < 4.78 is 10.3. The van der Waals surface area contributed by atoms with Gasteiger partial charge in [-0.15, -0.1) is 0 Å². The molecule has 0 radical (unpaired) electrons. The summed E-state index contributed by atoms with van der Waals surface area (Å²) in [5.41, 5.74) is -0.232. The topological polar surface area (TPSA) is 104 Å². The van der Waals surface area contributed by atoms with E-state index >= 15 is 0 Å². The van der Waals surface area contributed by atoms with Crippen LogP contribution in [0.2, 0.25) is 0 Å². The Bertz CT molecular complexity index is 796. The lowest BCUT2D eigenvalue weighted by atomic mass is 10.2. The maximum atomic E-state index is 12.3. The molecule has 0 atom stereocenters. The lowest BCUT2D eigenvalue weighted by Gasteiger charge is -2.15. The summed E-state index contributed by atoms with van der Waals surface area (Å²) in [4.78, 5) is 34.8. The van der Waals surface area contributed by atoms with Crippen LogP contribution in [-0.2, 0) is 14.3 Å². The highest BCUT2D eigenvalue weighted by Gasteiger charge is 2.28. The Morgan fingerprint density at radius 3 is 2.55 bits per heavy atom. The Morgan fingerprint density at radius 2 is 1.86 bits per heavy atom. The first-order valence-electron chi connectivity index (χ1n) is 6.48. The second kappa shape index (κ2) is 6.25. The zero-order chi connectivity index (χ0) is 16.3. The summed E-state index contributed by atoms with van der Waals surface area (Å²) in [5, 5.41) is 12.1. The summed E-state index contributed by atoms with van der Waals surface area (Å²) in [6.45, 7) is 2.26. The van der Waals surface area contributed by atoms with Crippen molar-refractivity contribution in [3.63, 3.8) is 0 Å². The lowest BCUT2D eigenvalue weighted by Crippen LogP contribution is -2.31. The molecule has 8 heteroatoms. The molecule has 1 aromatic carbocycles. The minimum atomic E-state index is -0.949. The van der Waals surface area contributed by atoms with Gasteiger partial charge in [0.1, 0.15) is 18.7 Å². The van der Waals surface area contributed by atoms with Crippen LogP contribution >= 0.6 is 0 Å². The van der Waals surface area contributed by atoms with Gasteiger partial charge in [-0.2, -0.15) is 0 Å². The predicted octanol–water partition coefficient (Wildman–Crippen LogP) is 0.930. The van der Waals surface area contributed by atoms with Crippen molar-refractivity contribution in [3.05, 3.63) is 45.8 Å². The van der Waals surface area contributed by atoms with E-state index in [1.54, 1.807) is 12.1 Å². The fraction of sp³-hybridized carbons (Fsp3) is 0.286. The predicted molar refractivity (Wildman–Crippen MR) is 75.7 cm³/mol. The zero-order valence-corrected chi connectivity index (χ0v) is 12.1. The molecule has 0 bridgehead atoms. The number of hydrogen-bond donors (Lipinski definition) is 0. The maximum Gasteiger partial charge on any atom is 0.410 e. The molecule has 0 unspecified atom stereocenters. The molecule has 22 heavy (non-hydrogen) atoms. The number of aromatic nitrogens is 2. The Morgan fingerprint density at radius 1 is 1.23 bits per heavy atom. The van der Waals surface area contributed by atoms with E-state index < -0.39 is 17.6 Å². The van der Waals surface area contributed by atoms with Crippen molar-refractivity contribution >= 4 is 23.0 Å². The second-order valence-corrected chi connectivity index (χ2v) is 4.49. The SMILES string of the molecule is CC(=O)OCCOC(=O)c1c(C)n([O-])c2ccccc2[n+]1=O. The van der Waals surface area contributed by atoms with Gasteiger partial charge in [-0.3, -0.25) is 4.79 Å². The van der Waals surface area contributed by atoms with Gasteiger partial charge in [0.15, 0.2) is 0 Å². The molecule has 116 valence electrons. The number of carbonyl (C=O) groups is 2. The highest BCUT2D eigenvalue weighted by Crippen LogP contribution is 2.14. The van der Waals surface area contributed by atoms with Crippen LogP contribution in [0.25, 0.3) is 11.0 Å². The lowest BCUT2D eigenvalue weighted by molar-refractivity contribution is -0.469. The van der Waals surface area contributed by atoms with Crippen LogP contribution in [0.15, 0.2) is 24.3 Å². The molecule has 2 aromatic rings. The number of ether oxygens (including phenoxy) is 2. The molecular formula is C14H14N2O6. The summed E-state index contributed by atoms with van der Waals surface area (Å²) in [6.07, 6.45) is 0. The maximum absolute atomic E-state index is 12.3. The monoisotopic (exact) mass is 306 g/mol. The van der Waals surface area contributed by atoms with Gasteiger partial charge in [0.25, 0.3) is 5.52 Å². The van der Waals surface area contributed by atoms with E-state index in [0.717, 1.165) is 0 Å². The van der Waals surface area contributed by atoms with Crippen molar-refractivity contribution in [1.82, 2.24) is 4.73 Å². The average molecular weight is 306 g/mol. The molecule has 2 rings (SSSR count). The van der Waals surface area contributed by atoms with Crippen molar-refractivity contribution in [1.29, 1.82) is 0 Å². The molecule has 0 fully saturated rings. The number of esters is 2. The van der Waals surface area contributed by atoms with E-state index in [2.05, 4.69) is 4.74 Å². The molecule has 1 aromatic heterocycles. The van der Waals surface area contributed by atoms with Crippen molar-refractivity contribution in [2.75, 3.05) is 13.2 Å². The van der Waals surface area contributed by atoms with Crippen molar-refractivity contribution < 1.29 is 23.5 Å². The van der Waals surface area contributed by atoms with E-state index in [-0.39, 0.29) is 29.9 Å². The number of fused-ring (bicyclic) bond motifs is 1. The minimum absolute atomic E-state index is 0.0637. The van der Waals surface area contributed by atoms with Crippen LogP contribution in [0.1, 0.15) is 23.1 Å². The third kappa shape index (κ3) is 2.90. The molecule has 0 saturated heterocycles. The average Bonchev–Trinajstić information content (AvgIpc) is 2.49. The summed E-state index contributed by atoms with van der Waals surface area (Å²) in [5.74, 6) is -1.45. The van der Waals surface area contributed by atoms with Gasteiger partial charge < -0.3 is 19.4 Å². The van der Waals surface area contributed by atoms with Gasteiger partial charge in [0.2, 0.25) is 0 Å². The van der Waals surface area contributed by atoms with Gasteiger partial charge in [-0.25, -0.2) is 4.79 Å². The van der Waals surface area contributed by atoms with Crippen LogP contribution < -0.4 is 4.43 Å². The molecular weight excluding hydrogens is 292 g/mol. The molecule has 0 aliphatic carbocycles. The molecule has 0 aliphatic rings. The second-order valence-electron chi connectivity index (χ2n) is 4.49. The Hall–Kier alpha value is -2.90. The molecule has 0 saturated carbocycles. The van der Waals surface area contributed by atoms with Crippen LogP contribution in [0.4, 0.5) is 0 Å². The Labute approximate surface area is 125 Å². The molecule has 0 spiro atoms. The van der Waals surface area contributed by atoms with Crippen LogP contribution in [0.3, 0.4) is 0 Å². The van der Waals surface area contributed by atoms with Gasteiger partial charge in [0.05, 0.1) is 10.1 Å². The standard InChI is InChI=1S/C14H14N2O6/c1-9-13(14(18)22-8-7-21-10(2)17)16(20)12-6-4-3-5-11(12)15(9)19/h3-6H,7-8H2,1-2H3. The fourth-order valence-corrected chi connectivity index (χ4v) is 1.97. The summed E-state index contributed by atoms with van der Waals surface area (Å²) in [6, 6.07) is 6.13. The van der Waals surface area contributed by atoms with Gasteiger partial charge >= 0.3 is 17.6 Å². The smallest absolute Gasteiger partial charge is 0.410 e. The molecule has 0 amide bonds. The van der Waals surface area contributed by atoms with Gasteiger partial charge in [-0.1, -0.05) is 12.1 Å². The summed E-state index contributed by atoms with van der Waals surface area (Å²) >= 11 is 0. The molecule has 0 N–H and O–H groups in total. The fourth-order valence-electron chi connectivity index (χ4n) is 1.97. The van der Waals surface area contributed by atoms with E-state index in [1.807, 2.05) is 0 Å². The Balaban J connectivity index is 2.33. The minimum Gasteiger partial charge on any atom is -0.805 e. The van der Waals surface area contributed by atoms with Crippen LogP contribution in [-0.4, -0.2) is 29.9 Å². The number of nitrogens with zero attached hydrogens (tertiary/aromatic N) is 2. The number of benzene rings is 1. The normalized spacial score (nSPS) is 10.5. The first-order valence-corrected chi connectivity index (χ1v) is 6.48.